The third-order valence-corrected chi connectivity index (χ3v) is 2.17. The van der Waals surface area contributed by atoms with E-state index in [4.69, 9.17) is 0 Å². The molecule has 0 bridgehead atoms. The summed E-state index contributed by atoms with van der Waals surface area (Å²) in [7, 11) is 0. The summed E-state index contributed by atoms with van der Waals surface area (Å²) in [5.74, 6) is 0. The number of fused-ring (bicyclic) bond motifs is 1. The van der Waals surface area contributed by atoms with Gasteiger partial charge in [-0.15, -0.1) is 0 Å². The molecular weight excluding hydrogens is 160 g/mol. The highest BCUT2D eigenvalue weighted by atomic mass is 16.1. The van der Waals surface area contributed by atoms with Crippen LogP contribution in [0.15, 0.2) is 36.4 Å². The number of hydrogen-bond acceptors (Lipinski definition) is 1. The second-order valence-corrected chi connectivity index (χ2v) is 3.19. The average Bonchev–Trinajstić information content (AvgIpc) is 2.16. The molecule has 2 rings (SSSR count). The van der Waals surface area contributed by atoms with E-state index in [9.17, 15) is 4.79 Å². The van der Waals surface area contributed by atoms with Crippen molar-refractivity contribution in [2.24, 2.45) is 0 Å². The van der Waals surface area contributed by atoms with E-state index < -0.39 is 0 Å². The Balaban J connectivity index is 2.89. The van der Waals surface area contributed by atoms with Gasteiger partial charge in [0.25, 0.3) is 0 Å². The zero-order valence-corrected chi connectivity index (χ0v) is 7.45. The molecule has 0 N–H and O–H groups in total. The van der Waals surface area contributed by atoms with Crippen LogP contribution < -0.4 is 0 Å². The van der Waals surface area contributed by atoms with Crippen molar-refractivity contribution in [3.05, 3.63) is 47.5 Å². The fourth-order valence-electron chi connectivity index (χ4n) is 1.59. The van der Waals surface area contributed by atoms with E-state index in [1.165, 1.54) is 0 Å². The Morgan fingerprint density at radius 2 is 1.92 bits per heavy atom. The molecule has 64 valence electrons. The molecule has 0 aliphatic carbocycles. The van der Waals surface area contributed by atoms with E-state index in [2.05, 4.69) is 6.07 Å². The van der Waals surface area contributed by atoms with Crippen molar-refractivity contribution >= 4 is 17.1 Å². The third-order valence-electron chi connectivity index (χ3n) is 2.17. The van der Waals surface area contributed by atoms with E-state index >= 15 is 0 Å². The number of carbonyl (C=O) groups excluding carboxylic acids is 1. The second kappa shape index (κ2) is 3.02. The first kappa shape index (κ1) is 7.99. The lowest BCUT2D eigenvalue weighted by atomic mass is 10.0. The van der Waals surface area contributed by atoms with Crippen LogP contribution in [0.25, 0.3) is 10.8 Å². The molecule has 0 aromatic heterocycles. The third kappa shape index (κ3) is 1.33. The molecule has 0 aliphatic heterocycles. The summed E-state index contributed by atoms with van der Waals surface area (Å²) in [4.78, 5) is 10.8. The largest absolute Gasteiger partial charge is 0.298 e. The Morgan fingerprint density at radius 1 is 1.15 bits per heavy atom. The summed E-state index contributed by atoms with van der Waals surface area (Å²) >= 11 is 0. The van der Waals surface area contributed by atoms with Crippen LogP contribution in [0.3, 0.4) is 0 Å². The number of aldehydes is 1. The molecule has 0 aliphatic rings. The van der Waals surface area contributed by atoms with Crippen molar-refractivity contribution in [2.45, 2.75) is 6.92 Å². The minimum absolute atomic E-state index is 0.774. The van der Waals surface area contributed by atoms with Crippen LogP contribution in [-0.4, -0.2) is 6.29 Å². The van der Waals surface area contributed by atoms with Gasteiger partial charge in [0.2, 0.25) is 0 Å². The van der Waals surface area contributed by atoms with Crippen LogP contribution in [-0.2, 0) is 0 Å². The lowest BCUT2D eigenvalue weighted by Crippen LogP contribution is -1.84. The van der Waals surface area contributed by atoms with Crippen LogP contribution in [0.1, 0.15) is 15.9 Å². The monoisotopic (exact) mass is 170 g/mol. The van der Waals surface area contributed by atoms with E-state index in [1.807, 2.05) is 37.3 Å². The van der Waals surface area contributed by atoms with E-state index in [1.54, 1.807) is 0 Å². The van der Waals surface area contributed by atoms with Crippen LogP contribution >= 0.6 is 0 Å². The second-order valence-electron chi connectivity index (χ2n) is 3.19. The molecule has 0 saturated heterocycles. The molecule has 13 heavy (non-hydrogen) atoms. The Hall–Kier alpha value is -1.63. The molecule has 1 heteroatoms. The maximum atomic E-state index is 10.8. The molecule has 0 saturated carbocycles. The maximum absolute atomic E-state index is 10.8. The van der Waals surface area contributed by atoms with Crippen molar-refractivity contribution in [3.63, 3.8) is 0 Å². The van der Waals surface area contributed by atoms with Crippen LogP contribution in [0.5, 0.6) is 0 Å². The van der Waals surface area contributed by atoms with Gasteiger partial charge in [-0.1, -0.05) is 30.3 Å². The molecule has 0 unspecified atom stereocenters. The first-order valence-corrected chi connectivity index (χ1v) is 4.26. The molecule has 0 fully saturated rings. The molecule has 2 aromatic carbocycles. The summed E-state index contributed by atoms with van der Waals surface area (Å²) in [6.07, 6.45) is 0.912. The van der Waals surface area contributed by atoms with Gasteiger partial charge >= 0.3 is 0 Å². The van der Waals surface area contributed by atoms with E-state index in [0.717, 1.165) is 28.2 Å². The summed E-state index contributed by atoms with van der Waals surface area (Å²) in [6, 6.07) is 11.9. The molecule has 0 atom stereocenters. The quantitative estimate of drug-likeness (QED) is 0.601. The number of hydrogen-bond donors (Lipinski definition) is 0. The summed E-state index contributed by atoms with van der Waals surface area (Å²) in [6.45, 7) is 2.00. The molecule has 0 amide bonds. The van der Waals surface area contributed by atoms with Gasteiger partial charge in [0.15, 0.2) is 6.29 Å². The molecule has 0 spiro atoms. The first-order valence-electron chi connectivity index (χ1n) is 4.26. The van der Waals surface area contributed by atoms with Gasteiger partial charge in [-0.3, -0.25) is 4.79 Å². The lowest BCUT2D eigenvalue weighted by molar-refractivity contribution is 0.112. The van der Waals surface area contributed by atoms with Crippen LogP contribution in [0, 0.1) is 6.92 Å². The fourth-order valence-corrected chi connectivity index (χ4v) is 1.59. The van der Waals surface area contributed by atoms with Crippen molar-refractivity contribution < 1.29 is 4.79 Å². The van der Waals surface area contributed by atoms with Crippen LogP contribution in [0.2, 0.25) is 0 Å². The number of carbonyl (C=O) groups is 1. The number of rotatable bonds is 1. The highest BCUT2D eigenvalue weighted by Gasteiger charge is 1.99. The minimum atomic E-state index is 0.774. The fraction of sp³-hybridized carbons (Fsp3) is 0.0833. The lowest BCUT2D eigenvalue weighted by Gasteiger charge is -2.01. The Bertz CT molecular complexity index is 458. The van der Waals surface area contributed by atoms with Gasteiger partial charge in [0, 0.05) is 5.56 Å². The van der Waals surface area contributed by atoms with Gasteiger partial charge in [-0.2, -0.15) is 0 Å². The van der Waals surface area contributed by atoms with Crippen molar-refractivity contribution in [2.75, 3.05) is 0 Å². The highest BCUT2D eigenvalue weighted by molar-refractivity contribution is 5.98. The van der Waals surface area contributed by atoms with Gasteiger partial charge in [-0.25, -0.2) is 0 Å². The van der Waals surface area contributed by atoms with Gasteiger partial charge in [0.1, 0.15) is 0 Å². The molecule has 2 aromatic rings. The van der Waals surface area contributed by atoms with Gasteiger partial charge in [0.05, 0.1) is 0 Å². The summed E-state index contributed by atoms with van der Waals surface area (Å²) < 4.78 is 0. The molecular formula is C12H10O. The van der Waals surface area contributed by atoms with Gasteiger partial charge < -0.3 is 0 Å². The smallest absolute Gasteiger partial charge is 0.150 e. The zero-order chi connectivity index (χ0) is 9.26. The Morgan fingerprint density at radius 3 is 2.69 bits per heavy atom. The Kier molecular flexibility index (Phi) is 1.85. The van der Waals surface area contributed by atoms with Crippen molar-refractivity contribution in [1.29, 1.82) is 0 Å². The van der Waals surface area contributed by atoms with Gasteiger partial charge in [-0.05, 0) is 29.3 Å². The first-order chi connectivity index (χ1) is 6.31. The summed E-state index contributed by atoms with van der Waals surface area (Å²) in [5.41, 5.74) is 1.90. The predicted molar refractivity (Wildman–Crippen MR) is 54.1 cm³/mol. The van der Waals surface area contributed by atoms with Crippen LogP contribution in [0.4, 0.5) is 0 Å². The minimum Gasteiger partial charge on any atom is -0.298 e. The molecule has 0 heterocycles. The van der Waals surface area contributed by atoms with E-state index in [-0.39, 0.29) is 0 Å². The predicted octanol–water partition coefficient (Wildman–Crippen LogP) is 2.96. The number of benzene rings is 2. The van der Waals surface area contributed by atoms with E-state index in [0.29, 0.717) is 0 Å². The summed E-state index contributed by atoms with van der Waals surface area (Å²) in [5, 5.41) is 2.16. The zero-order valence-electron chi connectivity index (χ0n) is 7.45. The Labute approximate surface area is 77.0 Å². The molecule has 1 nitrogen and oxygen atoms in total. The topological polar surface area (TPSA) is 17.1 Å². The SMILES string of the molecule is Cc1cc(C=O)c2ccccc2c1. The average molecular weight is 170 g/mol. The van der Waals surface area contributed by atoms with Crippen molar-refractivity contribution in [1.82, 2.24) is 0 Å². The number of aryl methyl sites for hydroxylation is 1. The standard InChI is InChI=1S/C12H10O/c1-9-6-10-4-2-3-5-12(10)11(7-9)8-13/h2-8H,1H3. The highest BCUT2D eigenvalue weighted by Crippen LogP contribution is 2.19. The normalized spacial score (nSPS) is 10.2. The molecule has 0 radical (unpaired) electrons. The van der Waals surface area contributed by atoms with Crippen molar-refractivity contribution in [3.8, 4) is 0 Å². The maximum Gasteiger partial charge on any atom is 0.150 e.